The van der Waals surface area contributed by atoms with Crippen molar-refractivity contribution in [1.29, 1.82) is 0 Å². The zero-order chi connectivity index (χ0) is 17.5. The fraction of sp³-hybridized carbons (Fsp3) is 0.353. The number of aromatic nitrogens is 2. The van der Waals surface area contributed by atoms with E-state index in [1.54, 1.807) is 6.20 Å². The maximum atomic E-state index is 12.2. The van der Waals surface area contributed by atoms with Crippen molar-refractivity contribution >= 4 is 11.9 Å². The lowest BCUT2D eigenvalue weighted by atomic mass is 10.0. The van der Waals surface area contributed by atoms with Crippen molar-refractivity contribution in [2.75, 3.05) is 0 Å². The van der Waals surface area contributed by atoms with E-state index < -0.39 is 12.1 Å². The van der Waals surface area contributed by atoms with Crippen LogP contribution in [0.15, 0.2) is 42.7 Å². The molecule has 7 nitrogen and oxygen atoms in total. The van der Waals surface area contributed by atoms with Crippen LogP contribution in [0.4, 0.5) is 4.79 Å². The minimum Gasteiger partial charge on any atom is -0.352 e. The lowest BCUT2D eigenvalue weighted by molar-refractivity contribution is -0.124. The van der Waals surface area contributed by atoms with Crippen LogP contribution in [0.25, 0.3) is 0 Å². The van der Waals surface area contributed by atoms with Crippen LogP contribution in [-0.2, 0) is 17.9 Å². The molecule has 1 atom stereocenters. The highest BCUT2D eigenvalue weighted by atomic mass is 16.2. The number of urea groups is 1. The smallest absolute Gasteiger partial charge is 0.312 e. The predicted molar refractivity (Wildman–Crippen MR) is 91.0 cm³/mol. The normalized spacial score (nSPS) is 12.0. The molecule has 0 saturated heterocycles. The fourth-order valence-electron chi connectivity index (χ4n) is 2.34. The first-order valence-electron chi connectivity index (χ1n) is 7.84. The Morgan fingerprint density at radius 2 is 1.92 bits per heavy atom. The summed E-state index contributed by atoms with van der Waals surface area (Å²) in [5.41, 5.74) is 7.15. The molecular weight excluding hydrogens is 306 g/mol. The number of hydrogen-bond acceptors (Lipinski definition) is 3. The Kier molecular flexibility index (Phi) is 5.95. The van der Waals surface area contributed by atoms with E-state index in [1.807, 2.05) is 55.1 Å². The Balaban J connectivity index is 1.90. The molecule has 0 unspecified atom stereocenters. The summed E-state index contributed by atoms with van der Waals surface area (Å²) >= 11 is 0. The standard InChI is InChI=1S/C17H23N5O2/c1-12(2)15(21-17(18)24)16(23)19-8-14-9-20-22(11-14)10-13-6-4-3-5-7-13/h3-7,9,11-12,15H,8,10H2,1-2H3,(H,19,23)(H3,18,21,24)/t15-/m0/s1. The molecule has 2 aromatic rings. The van der Waals surface area contributed by atoms with Gasteiger partial charge in [0.1, 0.15) is 6.04 Å². The van der Waals surface area contributed by atoms with E-state index in [2.05, 4.69) is 15.7 Å². The molecule has 0 fully saturated rings. The van der Waals surface area contributed by atoms with Crippen molar-refractivity contribution in [3.8, 4) is 0 Å². The quantitative estimate of drug-likeness (QED) is 0.712. The summed E-state index contributed by atoms with van der Waals surface area (Å²) in [4.78, 5) is 23.2. The van der Waals surface area contributed by atoms with Crippen molar-refractivity contribution in [3.63, 3.8) is 0 Å². The molecule has 0 spiro atoms. The summed E-state index contributed by atoms with van der Waals surface area (Å²) in [5, 5.41) is 9.55. The van der Waals surface area contributed by atoms with E-state index in [0.717, 1.165) is 11.1 Å². The molecule has 4 N–H and O–H groups in total. The second-order valence-electron chi connectivity index (χ2n) is 5.98. The second kappa shape index (κ2) is 8.14. The van der Waals surface area contributed by atoms with Crippen LogP contribution >= 0.6 is 0 Å². The van der Waals surface area contributed by atoms with Gasteiger partial charge in [0.05, 0.1) is 12.7 Å². The molecule has 0 aliphatic heterocycles. The van der Waals surface area contributed by atoms with Gasteiger partial charge in [-0.3, -0.25) is 9.48 Å². The van der Waals surface area contributed by atoms with Crippen molar-refractivity contribution in [3.05, 3.63) is 53.9 Å². The van der Waals surface area contributed by atoms with E-state index in [-0.39, 0.29) is 11.8 Å². The first-order valence-corrected chi connectivity index (χ1v) is 7.84. The van der Waals surface area contributed by atoms with Crippen molar-refractivity contribution < 1.29 is 9.59 Å². The lowest BCUT2D eigenvalue weighted by Gasteiger charge is -2.20. The molecule has 0 saturated carbocycles. The molecule has 3 amide bonds. The number of nitrogens with two attached hydrogens (primary N) is 1. The van der Waals surface area contributed by atoms with Crippen LogP contribution in [0.2, 0.25) is 0 Å². The summed E-state index contributed by atoms with van der Waals surface area (Å²) in [6.07, 6.45) is 3.61. The molecule has 0 radical (unpaired) electrons. The van der Waals surface area contributed by atoms with E-state index in [1.165, 1.54) is 0 Å². The third-order valence-corrected chi connectivity index (χ3v) is 3.59. The van der Waals surface area contributed by atoms with Gasteiger partial charge in [-0.25, -0.2) is 4.79 Å². The minimum absolute atomic E-state index is 0.0571. The molecule has 0 bridgehead atoms. The monoisotopic (exact) mass is 329 g/mol. The molecule has 0 aliphatic rings. The maximum Gasteiger partial charge on any atom is 0.312 e. The molecular formula is C17H23N5O2. The highest BCUT2D eigenvalue weighted by Crippen LogP contribution is 2.05. The number of hydrogen-bond donors (Lipinski definition) is 3. The zero-order valence-corrected chi connectivity index (χ0v) is 13.9. The number of nitrogens with one attached hydrogen (secondary N) is 2. The van der Waals surface area contributed by atoms with Crippen LogP contribution in [0.1, 0.15) is 25.0 Å². The fourth-order valence-corrected chi connectivity index (χ4v) is 2.34. The molecule has 1 aromatic carbocycles. The Morgan fingerprint density at radius 3 is 2.54 bits per heavy atom. The number of carbonyl (C=O) groups is 2. The molecule has 1 heterocycles. The summed E-state index contributed by atoms with van der Waals surface area (Å²) in [7, 11) is 0. The Bertz CT molecular complexity index is 681. The van der Waals surface area contributed by atoms with Crippen molar-refractivity contribution in [1.82, 2.24) is 20.4 Å². The van der Waals surface area contributed by atoms with Gasteiger partial charge in [0.2, 0.25) is 5.91 Å². The number of benzene rings is 1. The average molecular weight is 329 g/mol. The van der Waals surface area contributed by atoms with Gasteiger partial charge in [-0.1, -0.05) is 44.2 Å². The van der Waals surface area contributed by atoms with Gasteiger partial charge in [-0.05, 0) is 11.5 Å². The number of primary amides is 1. The van der Waals surface area contributed by atoms with Gasteiger partial charge < -0.3 is 16.4 Å². The van der Waals surface area contributed by atoms with Crippen LogP contribution in [0.3, 0.4) is 0 Å². The van der Waals surface area contributed by atoms with Gasteiger partial charge in [-0.15, -0.1) is 0 Å². The topological polar surface area (TPSA) is 102 Å². The Hall–Kier alpha value is -2.83. The number of nitrogens with zero attached hydrogens (tertiary/aromatic N) is 2. The Morgan fingerprint density at radius 1 is 1.21 bits per heavy atom. The van der Waals surface area contributed by atoms with Crippen LogP contribution < -0.4 is 16.4 Å². The van der Waals surface area contributed by atoms with E-state index in [4.69, 9.17) is 5.73 Å². The minimum atomic E-state index is -0.709. The lowest BCUT2D eigenvalue weighted by Crippen LogP contribution is -2.51. The van der Waals surface area contributed by atoms with Crippen LogP contribution in [0, 0.1) is 5.92 Å². The second-order valence-corrected chi connectivity index (χ2v) is 5.98. The zero-order valence-electron chi connectivity index (χ0n) is 13.9. The molecule has 0 aliphatic carbocycles. The van der Waals surface area contributed by atoms with Gasteiger partial charge >= 0.3 is 6.03 Å². The molecule has 24 heavy (non-hydrogen) atoms. The SMILES string of the molecule is CC(C)[C@H](NC(N)=O)C(=O)NCc1cnn(Cc2ccccc2)c1. The van der Waals surface area contributed by atoms with E-state index >= 15 is 0 Å². The average Bonchev–Trinajstić information content (AvgIpc) is 2.98. The first kappa shape index (κ1) is 17.5. The number of rotatable bonds is 7. The van der Waals surface area contributed by atoms with Gasteiger partial charge in [0.15, 0.2) is 0 Å². The number of carbonyl (C=O) groups excluding carboxylic acids is 2. The van der Waals surface area contributed by atoms with Gasteiger partial charge in [-0.2, -0.15) is 5.10 Å². The first-order chi connectivity index (χ1) is 11.5. The third-order valence-electron chi connectivity index (χ3n) is 3.59. The van der Waals surface area contributed by atoms with Crippen LogP contribution in [0.5, 0.6) is 0 Å². The summed E-state index contributed by atoms with van der Waals surface area (Å²) < 4.78 is 1.82. The molecule has 128 valence electrons. The van der Waals surface area contributed by atoms with E-state index in [0.29, 0.717) is 13.1 Å². The summed E-state index contributed by atoms with van der Waals surface area (Å²) in [5.74, 6) is -0.321. The van der Waals surface area contributed by atoms with Gasteiger partial charge in [0, 0.05) is 18.3 Å². The maximum absolute atomic E-state index is 12.2. The predicted octanol–water partition coefficient (Wildman–Crippen LogP) is 1.24. The van der Waals surface area contributed by atoms with E-state index in [9.17, 15) is 9.59 Å². The summed E-state index contributed by atoms with van der Waals surface area (Å²) in [6.45, 7) is 4.71. The summed E-state index contributed by atoms with van der Waals surface area (Å²) in [6, 6.07) is 8.65. The highest BCUT2D eigenvalue weighted by Gasteiger charge is 2.22. The molecule has 7 heteroatoms. The molecule has 1 aromatic heterocycles. The van der Waals surface area contributed by atoms with Gasteiger partial charge in [0.25, 0.3) is 0 Å². The van der Waals surface area contributed by atoms with Crippen molar-refractivity contribution in [2.45, 2.75) is 33.0 Å². The van der Waals surface area contributed by atoms with Crippen molar-refractivity contribution in [2.24, 2.45) is 11.7 Å². The van der Waals surface area contributed by atoms with Crippen LogP contribution in [-0.4, -0.2) is 27.8 Å². The largest absolute Gasteiger partial charge is 0.352 e. The highest BCUT2D eigenvalue weighted by molar-refractivity contribution is 5.86. The number of amides is 3. The molecule has 2 rings (SSSR count). The Labute approximate surface area is 141 Å². The third kappa shape index (κ3) is 5.12.